The predicted octanol–water partition coefficient (Wildman–Crippen LogP) is 3.25. The van der Waals surface area contributed by atoms with Crippen LogP contribution in [0.4, 0.5) is 11.8 Å². The van der Waals surface area contributed by atoms with Crippen LogP contribution in [0.5, 0.6) is 0 Å². The molecule has 0 atom stereocenters. The molecule has 0 saturated heterocycles. The zero-order chi connectivity index (χ0) is 18.9. The van der Waals surface area contributed by atoms with E-state index in [0.717, 1.165) is 35.3 Å². The Morgan fingerprint density at radius 3 is 2.73 bits per heavy atom. The van der Waals surface area contributed by atoms with Crippen molar-refractivity contribution in [3.63, 3.8) is 0 Å². The third kappa shape index (κ3) is 4.13. The molecule has 0 unspecified atom stereocenters. The second-order valence-corrected chi connectivity index (χ2v) is 8.25. The first-order chi connectivity index (χ1) is 12.2. The van der Waals surface area contributed by atoms with E-state index in [1.54, 1.807) is 0 Å². The fourth-order valence-electron chi connectivity index (χ4n) is 2.71. The summed E-state index contributed by atoms with van der Waals surface area (Å²) < 4.78 is 7.44. The molecular formula is C18H23N5O2S. The number of aryl methyl sites for hydroxylation is 2. The summed E-state index contributed by atoms with van der Waals surface area (Å²) in [6.07, 6.45) is 3.71. The van der Waals surface area contributed by atoms with Crippen LogP contribution in [-0.4, -0.2) is 26.1 Å². The maximum Gasteiger partial charge on any atom is 0.348 e. The molecule has 0 aliphatic heterocycles. The lowest BCUT2D eigenvalue weighted by Gasteiger charge is -2.18. The number of anilines is 2. The standard InChI is InChI=1S/C18H23N5O2S/c1-18(2,3)25-16(24)13-7-6-11(26-13)5-4-9-23-10-8-12-14(23)15(19)22-17(20)21-12/h6-8,10H,4-5,9H2,1-3H3,(H4,19,20,21,22). The van der Waals surface area contributed by atoms with Crippen LogP contribution in [0.2, 0.25) is 0 Å². The van der Waals surface area contributed by atoms with Crippen LogP contribution in [0.25, 0.3) is 11.0 Å². The maximum atomic E-state index is 12.1. The van der Waals surface area contributed by atoms with Crippen molar-refractivity contribution in [3.8, 4) is 0 Å². The van der Waals surface area contributed by atoms with Crippen LogP contribution < -0.4 is 11.5 Å². The van der Waals surface area contributed by atoms with Gasteiger partial charge in [0, 0.05) is 17.6 Å². The van der Waals surface area contributed by atoms with Gasteiger partial charge in [0.1, 0.15) is 16.0 Å². The number of fused-ring (bicyclic) bond motifs is 1. The first-order valence-corrected chi connectivity index (χ1v) is 9.24. The summed E-state index contributed by atoms with van der Waals surface area (Å²) in [7, 11) is 0. The third-order valence-electron chi connectivity index (χ3n) is 3.74. The van der Waals surface area contributed by atoms with Gasteiger partial charge < -0.3 is 20.8 Å². The minimum absolute atomic E-state index is 0.181. The van der Waals surface area contributed by atoms with Crippen LogP contribution in [0, 0.1) is 0 Å². The van der Waals surface area contributed by atoms with Crippen molar-refractivity contribution < 1.29 is 9.53 Å². The fraction of sp³-hybridized carbons (Fsp3) is 0.389. The number of rotatable bonds is 5. The first-order valence-electron chi connectivity index (χ1n) is 8.43. The summed E-state index contributed by atoms with van der Waals surface area (Å²) in [5.41, 5.74) is 12.7. The zero-order valence-electron chi connectivity index (χ0n) is 15.2. The molecule has 0 aliphatic carbocycles. The minimum Gasteiger partial charge on any atom is -0.456 e. The fourth-order valence-corrected chi connectivity index (χ4v) is 3.64. The molecule has 0 spiro atoms. The number of ether oxygens (including phenoxy) is 1. The summed E-state index contributed by atoms with van der Waals surface area (Å²) >= 11 is 1.48. The molecule has 0 aromatic carbocycles. The van der Waals surface area contributed by atoms with Gasteiger partial charge in [-0.3, -0.25) is 0 Å². The van der Waals surface area contributed by atoms with E-state index in [-0.39, 0.29) is 11.9 Å². The summed E-state index contributed by atoms with van der Waals surface area (Å²) in [6, 6.07) is 5.69. The first kappa shape index (κ1) is 18.2. The number of hydrogen-bond acceptors (Lipinski definition) is 7. The van der Waals surface area contributed by atoms with Gasteiger partial charge in [0.25, 0.3) is 0 Å². The molecule has 3 aromatic heterocycles. The average molecular weight is 373 g/mol. The highest BCUT2D eigenvalue weighted by Gasteiger charge is 2.19. The van der Waals surface area contributed by atoms with Crippen LogP contribution in [0.3, 0.4) is 0 Å². The van der Waals surface area contributed by atoms with Gasteiger partial charge in [-0.15, -0.1) is 11.3 Å². The summed E-state index contributed by atoms with van der Waals surface area (Å²) in [5, 5.41) is 0. The number of carbonyl (C=O) groups is 1. The van der Waals surface area contributed by atoms with Gasteiger partial charge in [-0.05, 0) is 51.8 Å². The second kappa shape index (κ2) is 6.95. The van der Waals surface area contributed by atoms with Crippen molar-refractivity contribution in [1.82, 2.24) is 14.5 Å². The Morgan fingerprint density at radius 2 is 2.00 bits per heavy atom. The van der Waals surface area contributed by atoms with Crippen molar-refractivity contribution in [3.05, 3.63) is 34.2 Å². The third-order valence-corrected chi connectivity index (χ3v) is 4.86. The zero-order valence-corrected chi connectivity index (χ0v) is 16.0. The van der Waals surface area contributed by atoms with E-state index < -0.39 is 5.60 Å². The number of hydrogen-bond donors (Lipinski definition) is 2. The van der Waals surface area contributed by atoms with Gasteiger partial charge in [0.2, 0.25) is 5.95 Å². The highest BCUT2D eigenvalue weighted by atomic mass is 32.1. The number of thiophene rings is 1. The molecule has 138 valence electrons. The van der Waals surface area contributed by atoms with Crippen molar-refractivity contribution in [2.45, 2.75) is 45.8 Å². The monoisotopic (exact) mass is 373 g/mol. The average Bonchev–Trinajstić information content (AvgIpc) is 3.13. The van der Waals surface area contributed by atoms with Crippen LogP contribution >= 0.6 is 11.3 Å². The van der Waals surface area contributed by atoms with Crippen molar-refractivity contribution in [2.75, 3.05) is 11.5 Å². The number of nitrogens with two attached hydrogens (primary N) is 2. The summed E-state index contributed by atoms with van der Waals surface area (Å²) in [6.45, 7) is 6.37. The van der Waals surface area contributed by atoms with Gasteiger partial charge in [-0.25, -0.2) is 9.78 Å². The van der Waals surface area contributed by atoms with E-state index in [1.807, 2.05) is 49.7 Å². The summed E-state index contributed by atoms with van der Waals surface area (Å²) in [5.74, 6) is 0.300. The highest BCUT2D eigenvalue weighted by Crippen LogP contribution is 2.23. The van der Waals surface area contributed by atoms with Crippen LogP contribution in [0.1, 0.15) is 41.7 Å². The number of carbonyl (C=O) groups excluding carboxylic acids is 1. The quantitative estimate of drug-likeness (QED) is 0.665. The van der Waals surface area contributed by atoms with E-state index >= 15 is 0 Å². The topological polar surface area (TPSA) is 109 Å². The molecule has 0 bridgehead atoms. The van der Waals surface area contributed by atoms with Gasteiger partial charge in [-0.2, -0.15) is 4.98 Å². The molecule has 4 N–H and O–H groups in total. The summed E-state index contributed by atoms with van der Waals surface area (Å²) in [4.78, 5) is 22.1. The van der Waals surface area contributed by atoms with Crippen LogP contribution in [-0.2, 0) is 17.7 Å². The molecule has 0 radical (unpaired) electrons. The second-order valence-electron chi connectivity index (χ2n) is 7.08. The highest BCUT2D eigenvalue weighted by molar-refractivity contribution is 7.13. The van der Waals surface area contributed by atoms with Gasteiger partial charge >= 0.3 is 5.97 Å². The van der Waals surface area contributed by atoms with E-state index in [2.05, 4.69) is 9.97 Å². The van der Waals surface area contributed by atoms with E-state index in [4.69, 9.17) is 16.2 Å². The molecule has 8 heteroatoms. The van der Waals surface area contributed by atoms with Gasteiger partial charge in [0.05, 0.1) is 5.52 Å². The smallest absolute Gasteiger partial charge is 0.348 e. The maximum absolute atomic E-state index is 12.1. The molecule has 0 aliphatic rings. The Morgan fingerprint density at radius 1 is 1.23 bits per heavy atom. The van der Waals surface area contributed by atoms with Crippen molar-refractivity contribution in [1.29, 1.82) is 0 Å². The number of esters is 1. The molecule has 0 fully saturated rings. The van der Waals surface area contributed by atoms with E-state index in [1.165, 1.54) is 11.3 Å². The van der Waals surface area contributed by atoms with Crippen LogP contribution in [0.15, 0.2) is 24.4 Å². The number of aromatic nitrogens is 3. The molecule has 26 heavy (non-hydrogen) atoms. The van der Waals surface area contributed by atoms with Crippen molar-refractivity contribution in [2.24, 2.45) is 0 Å². The lowest BCUT2D eigenvalue weighted by molar-refractivity contribution is 0.00752. The van der Waals surface area contributed by atoms with E-state index in [0.29, 0.717) is 10.7 Å². The van der Waals surface area contributed by atoms with Crippen molar-refractivity contribution >= 4 is 40.1 Å². The number of nitrogens with zero attached hydrogens (tertiary/aromatic N) is 3. The molecular weight excluding hydrogens is 350 g/mol. The SMILES string of the molecule is CC(C)(C)OC(=O)c1ccc(CCCn2ccc3nc(N)nc(N)c32)s1. The minimum atomic E-state index is -0.484. The Labute approximate surface area is 156 Å². The molecule has 3 heterocycles. The van der Waals surface area contributed by atoms with Gasteiger partial charge in [-0.1, -0.05) is 0 Å². The Kier molecular flexibility index (Phi) is 4.86. The Bertz CT molecular complexity index is 939. The Hall–Kier alpha value is -2.61. The van der Waals surface area contributed by atoms with E-state index in [9.17, 15) is 4.79 Å². The molecule has 3 aromatic rings. The van der Waals surface area contributed by atoms with Gasteiger partial charge in [0.15, 0.2) is 5.82 Å². The lowest BCUT2D eigenvalue weighted by atomic mass is 10.2. The lowest BCUT2D eigenvalue weighted by Crippen LogP contribution is -2.23. The molecule has 3 rings (SSSR count). The predicted molar refractivity (Wildman–Crippen MR) is 104 cm³/mol. The normalized spacial score (nSPS) is 11.8. The number of nitrogen functional groups attached to an aromatic ring is 2. The Balaban J connectivity index is 1.62. The molecule has 7 nitrogen and oxygen atoms in total. The largest absolute Gasteiger partial charge is 0.456 e. The molecule has 0 amide bonds. The molecule has 0 saturated carbocycles.